The number of aliphatic hydroxyl groups is 1. The molecule has 0 aliphatic carbocycles. The van der Waals surface area contributed by atoms with Crippen molar-refractivity contribution in [1.29, 1.82) is 0 Å². The maximum atomic E-state index is 12.0. The Kier molecular flexibility index (Phi) is 2.70. The number of piperidine rings is 1. The van der Waals surface area contributed by atoms with Crippen molar-refractivity contribution in [2.45, 2.75) is 26.4 Å². The molecule has 0 bridgehead atoms. The van der Waals surface area contributed by atoms with Crippen LogP contribution in [0.2, 0.25) is 0 Å². The van der Waals surface area contributed by atoms with Crippen LogP contribution in [0.4, 0.5) is 5.82 Å². The average molecular weight is 262 g/mol. The maximum absolute atomic E-state index is 12.0. The van der Waals surface area contributed by atoms with Gasteiger partial charge in [-0.25, -0.2) is 9.97 Å². The molecule has 0 aromatic carbocycles. The first-order chi connectivity index (χ1) is 9.02. The lowest BCUT2D eigenvalue weighted by molar-refractivity contribution is -0.139. The van der Waals surface area contributed by atoms with Crippen LogP contribution in [0.5, 0.6) is 0 Å². The monoisotopic (exact) mass is 262 g/mol. The average Bonchev–Trinajstić information content (AvgIpc) is 2.33. The zero-order valence-corrected chi connectivity index (χ0v) is 11.2. The summed E-state index contributed by atoms with van der Waals surface area (Å²) >= 11 is 0. The van der Waals surface area contributed by atoms with E-state index in [4.69, 9.17) is 0 Å². The van der Waals surface area contributed by atoms with E-state index in [0.717, 1.165) is 17.1 Å². The van der Waals surface area contributed by atoms with E-state index in [0.29, 0.717) is 26.1 Å². The number of amides is 1. The van der Waals surface area contributed by atoms with Crippen LogP contribution >= 0.6 is 0 Å². The molecule has 1 unspecified atom stereocenters. The SMILES string of the molecule is Cc1ncnc(N2CC3(CC(O)CNC3=O)C2)c1C. The van der Waals surface area contributed by atoms with Crippen LogP contribution in [0, 0.1) is 19.3 Å². The van der Waals surface area contributed by atoms with Crippen molar-refractivity contribution in [3.63, 3.8) is 0 Å². The van der Waals surface area contributed by atoms with Gasteiger partial charge < -0.3 is 15.3 Å². The Morgan fingerprint density at radius 3 is 2.89 bits per heavy atom. The van der Waals surface area contributed by atoms with Gasteiger partial charge in [-0.2, -0.15) is 0 Å². The molecule has 2 saturated heterocycles. The Balaban J connectivity index is 1.79. The molecule has 3 rings (SSSR count). The van der Waals surface area contributed by atoms with Gasteiger partial charge >= 0.3 is 0 Å². The van der Waals surface area contributed by atoms with E-state index in [2.05, 4.69) is 20.2 Å². The number of aliphatic hydroxyl groups excluding tert-OH is 1. The summed E-state index contributed by atoms with van der Waals surface area (Å²) < 4.78 is 0. The van der Waals surface area contributed by atoms with Gasteiger partial charge in [0.1, 0.15) is 12.1 Å². The molecule has 2 fully saturated rings. The Morgan fingerprint density at radius 1 is 1.42 bits per heavy atom. The molecule has 1 aromatic heterocycles. The molecule has 2 aliphatic heterocycles. The minimum atomic E-state index is -0.442. The molecule has 19 heavy (non-hydrogen) atoms. The van der Waals surface area contributed by atoms with Crippen LogP contribution in [0.1, 0.15) is 17.7 Å². The largest absolute Gasteiger partial charge is 0.391 e. The number of carbonyl (C=O) groups is 1. The van der Waals surface area contributed by atoms with E-state index in [1.165, 1.54) is 0 Å². The summed E-state index contributed by atoms with van der Waals surface area (Å²) in [4.78, 5) is 22.5. The van der Waals surface area contributed by atoms with Crippen molar-refractivity contribution in [2.24, 2.45) is 5.41 Å². The normalized spacial score (nSPS) is 25.1. The highest BCUT2D eigenvalue weighted by Crippen LogP contribution is 2.40. The highest BCUT2D eigenvalue weighted by molar-refractivity contribution is 5.87. The molecular formula is C13H18N4O2. The lowest BCUT2D eigenvalue weighted by atomic mass is 9.72. The highest BCUT2D eigenvalue weighted by Gasteiger charge is 2.52. The summed E-state index contributed by atoms with van der Waals surface area (Å²) in [5, 5.41) is 12.5. The minimum Gasteiger partial charge on any atom is -0.391 e. The van der Waals surface area contributed by atoms with Crippen LogP contribution in [0.3, 0.4) is 0 Å². The summed E-state index contributed by atoms with van der Waals surface area (Å²) in [6, 6.07) is 0. The first-order valence-corrected chi connectivity index (χ1v) is 6.51. The fourth-order valence-electron chi connectivity index (χ4n) is 2.97. The number of aromatic nitrogens is 2. The lowest BCUT2D eigenvalue weighted by Crippen LogP contribution is -2.68. The fraction of sp³-hybridized carbons (Fsp3) is 0.615. The molecule has 0 radical (unpaired) electrons. The predicted octanol–water partition coefficient (Wildman–Crippen LogP) is -0.219. The summed E-state index contributed by atoms with van der Waals surface area (Å²) in [7, 11) is 0. The molecule has 1 aromatic rings. The van der Waals surface area contributed by atoms with Gasteiger partial charge in [0.25, 0.3) is 0 Å². The number of aryl methyl sites for hydroxylation is 1. The molecule has 6 heteroatoms. The Bertz CT molecular complexity index is 525. The van der Waals surface area contributed by atoms with E-state index in [1.54, 1.807) is 6.33 Å². The molecule has 2 aliphatic rings. The third-order valence-corrected chi connectivity index (χ3v) is 4.20. The van der Waals surface area contributed by atoms with E-state index < -0.39 is 11.5 Å². The van der Waals surface area contributed by atoms with Gasteiger partial charge in [-0.1, -0.05) is 0 Å². The van der Waals surface area contributed by atoms with Crippen molar-refractivity contribution in [3.05, 3.63) is 17.6 Å². The topological polar surface area (TPSA) is 78.3 Å². The molecule has 1 atom stereocenters. The van der Waals surface area contributed by atoms with Crippen LogP contribution in [-0.4, -0.2) is 46.7 Å². The number of anilines is 1. The lowest BCUT2D eigenvalue weighted by Gasteiger charge is -2.52. The van der Waals surface area contributed by atoms with Gasteiger partial charge in [-0.3, -0.25) is 4.79 Å². The highest BCUT2D eigenvalue weighted by atomic mass is 16.3. The van der Waals surface area contributed by atoms with Crippen LogP contribution in [0.15, 0.2) is 6.33 Å². The smallest absolute Gasteiger partial charge is 0.230 e. The molecule has 2 N–H and O–H groups in total. The van der Waals surface area contributed by atoms with E-state index in [1.807, 2.05) is 13.8 Å². The maximum Gasteiger partial charge on any atom is 0.230 e. The Labute approximate surface area is 111 Å². The third kappa shape index (κ3) is 1.87. The van der Waals surface area contributed by atoms with Crippen LogP contribution in [-0.2, 0) is 4.79 Å². The Morgan fingerprint density at radius 2 is 2.16 bits per heavy atom. The van der Waals surface area contributed by atoms with Crippen molar-refractivity contribution in [1.82, 2.24) is 15.3 Å². The van der Waals surface area contributed by atoms with E-state index >= 15 is 0 Å². The molecule has 102 valence electrons. The van der Waals surface area contributed by atoms with Crippen molar-refractivity contribution >= 4 is 11.7 Å². The van der Waals surface area contributed by atoms with E-state index in [9.17, 15) is 9.90 Å². The van der Waals surface area contributed by atoms with Gasteiger partial charge in [0, 0.05) is 30.9 Å². The van der Waals surface area contributed by atoms with E-state index in [-0.39, 0.29) is 5.91 Å². The van der Waals surface area contributed by atoms with Gasteiger partial charge in [0.2, 0.25) is 5.91 Å². The second kappa shape index (κ2) is 4.16. The number of nitrogens with zero attached hydrogens (tertiary/aromatic N) is 3. The molecule has 3 heterocycles. The van der Waals surface area contributed by atoms with Gasteiger partial charge in [-0.15, -0.1) is 0 Å². The quantitative estimate of drug-likeness (QED) is 0.731. The number of carbonyl (C=O) groups excluding carboxylic acids is 1. The second-order valence-corrected chi connectivity index (χ2v) is 5.61. The number of hydrogen-bond acceptors (Lipinski definition) is 5. The standard InChI is InChI=1S/C13H18N4O2/c1-8-9(2)15-7-16-11(8)17-5-13(6-17)3-10(18)4-14-12(13)19/h7,10,18H,3-6H2,1-2H3,(H,14,19). The fourth-order valence-corrected chi connectivity index (χ4v) is 2.97. The van der Waals surface area contributed by atoms with Crippen molar-refractivity contribution < 1.29 is 9.90 Å². The molecule has 1 spiro atoms. The summed E-state index contributed by atoms with van der Waals surface area (Å²) in [6.07, 6.45) is 1.66. The number of nitrogens with one attached hydrogen (secondary N) is 1. The minimum absolute atomic E-state index is 0.0532. The third-order valence-electron chi connectivity index (χ3n) is 4.20. The number of hydrogen-bond donors (Lipinski definition) is 2. The van der Waals surface area contributed by atoms with Gasteiger partial charge in [-0.05, 0) is 20.3 Å². The second-order valence-electron chi connectivity index (χ2n) is 5.61. The summed E-state index contributed by atoms with van der Waals surface area (Å²) in [5.41, 5.74) is 1.57. The van der Waals surface area contributed by atoms with Crippen LogP contribution < -0.4 is 10.2 Å². The van der Waals surface area contributed by atoms with Crippen molar-refractivity contribution in [2.75, 3.05) is 24.5 Å². The number of β-amino-alcohol motifs (C(OH)–C–C–N with tert-alkyl or cyclic N) is 1. The van der Waals surface area contributed by atoms with Crippen LogP contribution in [0.25, 0.3) is 0 Å². The first-order valence-electron chi connectivity index (χ1n) is 6.51. The van der Waals surface area contributed by atoms with Gasteiger partial charge in [0.15, 0.2) is 0 Å². The first kappa shape index (κ1) is 12.3. The zero-order valence-electron chi connectivity index (χ0n) is 11.2. The molecule has 1 amide bonds. The van der Waals surface area contributed by atoms with Crippen molar-refractivity contribution in [3.8, 4) is 0 Å². The van der Waals surface area contributed by atoms with Gasteiger partial charge in [0.05, 0.1) is 11.5 Å². The summed E-state index contributed by atoms with van der Waals surface area (Å²) in [6.45, 7) is 5.55. The molecule has 6 nitrogen and oxygen atoms in total. The predicted molar refractivity (Wildman–Crippen MR) is 69.8 cm³/mol. The number of rotatable bonds is 1. The molecular weight excluding hydrogens is 244 g/mol. The Hall–Kier alpha value is -1.69. The zero-order chi connectivity index (χ0) is 13.6. The molecule has 0 saturated carbocycles. The summed E-state index contributed by atoms with van der Waals surface area (Å²) in [5.74, 6) is 0.948.